The zero-order chi connectivity index (χ0) is 16.1. The van der Waals surface area contributed by atoms with E-state index in [0.717, 1.165) is 24.0 Å². The van der Waals surface area contributed by atoms with E-state index in [9.17, 15) is 0 Å². The Morgan fingerprint density at radius 1 is 1.17 bits per heavy atom. The summed E-state index contributed by atoms with van der Waals surface area (Å²) < 4.78 is 11.4. The molecule has 5 heteroatoms. The second kappa shape index (κ2) is 7.49. The molecule has 1 N–H and O–H groups in total. The molecule has 0 radical (unpaired) electrons. The number of hydrogen-bond donors (Lipinski definition) is 1. The second-order valence-corrected chi connectivity index (χ2v) is 6.36. The molecule has 1 unspecified atom stereocenters. The van der Waals surface area contributed by atoms with Gasteiger partial charge in [0.05, 0.1) is 6.61 Å². The predicted octanol–water partition coefficient (Wildman–Crippen LogP) is 4.51. The van der Waals surface area contributed by atoms with E-state index < -0.39 is 0 Å². The summed E-state index contributed by atoms with van der Waals surface area (Å²) >= 11 is 0. The third-order valence-electron chi connectivity index (χ3n) is 4.36. The first-order valence-electron chi connectivity index (χ1n) is 8.50. The number of rotatable bonds is 6. The van der Waals surface area contributed by atoms with Crippen LogP contribution in [-0.4, -0.2) is 16.8 Å². The van der Waals surface area contributed by atoms with Crippen LogP contribution >= 0.6 is 0 Å². The molecule has 1 aliphatic carbocycles. The molecule has 5 nitrogen and oxygen atoms in total. The number of ether oxygens (including phenoxy) is 1. The number of hydrogen-bond acceptors (Lipinski definition) is 5. The predicted molar refractivity (Wildman–Crippen MR) is 89.6 cm³/mol. The summed E-state index contributed by atoms with van der Waals surface area (Å²) in [5.41, 5.74) is 1.01. The van der Waals surface area contributed by atoms with Crippen molar-refractivity contribution in [2.45, 2.75) is 52.0 Å². The van der Waals surface area contributed by atoms with Crippen LogP contribution in [0.5, 0.6) is 5.75 Å². The van der Waals surface area contributed by atoms with Crippen LogP contribution in [0.1, 0.15) is 56.9 Å². The molecular weight excluding hydrogens is 290 g/mol. The third-order valence-corrected chi connectivity index (χ3v) is 4.36. The van der Waals surface area contributed by atoms with Gasteiger partial charge in [-0.2, -0.15) is 0 Å². The van der Waals surface area contributed by atoms with Gasteiger partial charge >= 0.3 is 0 Å². The maximum atomic E-state index is 5.92. The van der Waals surface area contributed by atoms with Crippen molar-refractivity contribution in [1.82, 2.24) is 10.2 Å². The topological polar surface area (TPSA) is 60.2 Å². The zero-order valence-corrected chi connectivity index (χ0v) is 13.9. The van der Waals surface area contributed by atoms with Crippen LogP contribution in [0.25, 0.3) is 0 Å². The molecule has 0 saturated heterocycles. The van der Waals surface area contributed by atoms with Crippen molar-refractivity contribution in [3.63, 3.8) is 0 Å². The fraction of sp³-hybridized carbons (Fsp3) is 0.556. The summed E-state index contributed by atoms with van der Waals surface area (Å²) in [5.74, 6) is 2.84. The van der Waals surface area contributed by atoms with Gasteiger partial charge in [-0.3, -0.25) is 0 Å². The molecule has 0 bridgehead atoms. The molecule has 3 rings (SSSR count). The largest absolute Gasteiger partial charge is 0.493 e. The first kappa shape index (κ1) is 15.8. The zero-order valence-electron chi connectivity index (χ0n) is 13.9. The Kier molecular flexibility index (Phi) is 5.16. The first-order valence-corrected chi connectivity index (χ1v) is 8.50. The summed E-state index contributed by atoms with van der Waals surface area (Å²) in [6.07, 6.45) is 6.70. The number of nitrogens with one attached hydrogen (secondary N) is 1. The standard InChI is InChI=1S/C18H25N3O2/c1-13(18-21-20-14(2)23-18)19-16-8-10-17(11-9-16)22-12-15-6-4-3-5-7-15/h8-11,13,15,19H,3-7,12H2,1-2H3. The highest BCUT2D eigenvalue weighted by Crippen LogP contribution is 2.25. The van der Waals surface area contributed by atoms with Gasteiger partial charge in [0.25, 0.3) is 0 Å². The van der Waals surface area contributed by atoms with Gasteiger partial charge in [-0.25, -0.2) is 0 Å². The molecule has 23 heavy (non-hydrogen) atoms. The summed E-state index contributed by atoms with van der Waals surface area (Å²) in [4.78, 5) is 0. The van der Waals surface area contributed by atoms with E-state index in [1.807, 2.05) is 31.2 Å². The van der Waals surface area contributed by atoms with Crippen LogP contribution in [0.15, 0.2) is 28.7 Å². The van der Waals surface area contributed by atoms with E-state index in [2.05, 4.69) is 15.5 Å². The molecule has 0 aliphatic heterocycles. The van der Waals surface area contributed by atoms with Gasteiger partial charge in [-0.05, 0) is 49.9 Å². The Morgan fingerprint density at radius 3 is 2.57 bits per heavy atom. The monoisotopic (exact) mass is 315 g/mol. The summed E-state index contributed by atoms with van der Waals surface area (Å²) in [7, 11) is 0. The molecule has 0 spiro atoms. The Balaban J connectivity index is 1.50. The van der Waals surface area contributed by atoms with Crippen molar-refractivity contribution in [2.75, 3.05) is 11.9 Å². The molecule has 1 aromatic heterocycles. The summed E-state index contributed by atoms with van der Waals surface area (Å²) in [5, 5.41) is 11.2. The SMILES string of the molecule is Cc1nnc(C(C)Nc2ccc(OCC3CCCCC3)cc2)o1. The van der Waals surface area contributed by atoms with Crippen molar-refractivity contribution < 1.29 is 9.15 Å². The molecule has 1 atom stereocenters. The van der Waals surface area contributed by atoms with Gasteiger partial charge in [0.2, 0.25) is 11.8 Å². The Bertz CT molecular complexity index is 603. The molecule has 2 aromatic rings. The van der Waals surface area contributed by atoms with Crippen LogP contribution in [0.3, 0.4) is 0 Å². The number of aryl methyl sites for hydroxylation is 1. The van der Waals surface area contributed by atoms with Gasteiger partial charge in [0.1, 0.15) is 11.8 Å². The van der Waals surface area contributed by atoms with Crippen LogP contribution in [0.4, 0.5) is 5.69 Å². The fourth-order valence-corrected chi connectivity index (χ4v) is 3.01. The van der Waals surface area contributed by atoms with Crippen molar-refractivity contribution >= 4 is 5.69 Å². The maximum Gasteiger partial charge on any atom is 0.238 e. The lowest BCUT2D eigenvalue weighted by Crippen LogP contribution is -2.15. The number of nitrogens with zero attached hydrogens (tertiary/aromatic N) is 2. The Labute approximate surface area is 137 Å². The van der Waals surface area contributed by atoms with Crippen molar-refractivity contribution in [2.24, 2.45) is 5.92 Å². The van der Waals surface area contributed by atoms with Gasteiger partial charge in [-0.1, -0.05) is 19.3 Å². The van der Waals surface area contributed by atoms with Crippen LogP contribution in [-0.2, 0) is 0 Å². The highest BCUT2D eigenvalue weighted by molar-refractivity contribution is 5.47. The molecule has 1 aliphatic rings. The minimum absolute atomic E-state index is 0.0230. The summed E-state index contributed by atoms with van der Waals surface area (Å²) in [6, 6.07) is 8.05. The van der Waals surface area contributed by atoms with E-state index in [4.69, 9.17) is 9.15 Å². The fourth-order valence-electron chi connectivity index (χ4n) is 3.01. The van der Waals surface area contributed by atoms with E-state index in [-0.39, 0.29) is 6.04 Å². The van der Waals surface area contributed by atoms with Gasteiger partial charge in [0.15, 0.2) is 0 Å². The second-order valence-electron chi connectivity index (χ2n) is 6.36. The number of anilines is 1. The quantitative estimate of drug-likeness (QED) is 0.850. The van der Waals surface area contributed by atoms with E-state index >= 15 is 0 Å². The van der Waals surface area contributed by atoms with Gasteiger partial charge < -0.3 is 14.5 Å². The van der Waals surface area contributed by atoms with E-state index in [1.165, 1.54) is 32.1 Å². The minimum atomic E-state index is -0.0230. The highest BCUT2D eigenvalue weighted by Gasteiger charge is 2.14. The van der Waals surface area contributed by atoms with Crippen molar-refractivity contribution in [3.05, 3.63) is 36.0 Å². The third kappa shape index (κ3) is 4.47. The molecule has 1 saturated carbocycles. The first-order chi connectivity index (χ1) is 11.2. The van der Waals surface area contributed by atoms with Crippen molar-refractivity contribution in [3.8, 4) is 5.75 Å². The Morgan fingerprint density at radius 2 is 1.91 bits per heavy atom. The van der Waals surface area contributed by atoms with Crippen LogP contribution < -0.4 is 10.1 Å². The van der Waals surface area contributed by atoms with Crippen molar-refractivity contribution in [1.29, 1.82) is 0 Å². The normalized spacial score (nSPS) is 17.0. The lowest BCUT2D eigenvalue weighted by Gasteiger charge is -2.21. The van der Waals surface area contributed by atoms with Gasteiger partial charge in [0, 0.05) is 12.6 Å². The molecule has 1 heterocycles. The average molecular weight is 315 g/mol. The van der Waals surface area contributed by atoms with Crippen LogP contribution in [0, 0.1) is 12.8 Å². The lowest BCUT2D eigenvalue weighted by molar-refractivity contribution is 0.209. The van der Waals surface area contributed by atoms with Crippen LogP contribution in [0.2, 0.25) is 0 Å². The molecule has 0 amide bonds. The highest BCUT2D eigenvalue weighted by atomic mass is 16.5. The minimum Gasteiger partial charge on any atom is -0.493 e. The lowest BCUT2D eigenvalue weighted by atomic mass is 9.90. The average Bonchev–Trinajstić information content (AvgIpc) is 3.02. The molecule has 1 aromatic carbocycles. The number of aromatic nitrogens is 2. The molecular formula is C18H25N3O2. The summed E-state index contributed by atoms with van der Waals surface area (Å²) in [6.45, 7) is 4.63. The maximum absolute atomic E-state index is 5.92. The van der Waals surface area contributed by atoms with E-state index in [0.29, 0.717) is 11.8 Å². The van der Waals surface area contributed by atoms with Gasteiger partial charge in [-0.15, -0.1) is 10.2 Å². The number of benzene rings is 1. The molecule has 124 valence electrons. The smallest absolute Gasteiger partial charge is 0.238 e. The Hall–Kier alpha value is -2.04. The molecule has 1 fully saturated rings. The van der Waals surface area contributed by atoms with E-state index in [1.54, 1.807) is 6.92 Å².